The first kappa shape index (κ1) is 11.4. The van der Waals surface area contributed by atoms with Gasteiger partial charge in [-0.15, -0.1) is 0 Å². The van der Waals surface area contributed by atoms with Crippen molar-refractivity contribution in [2.45, 2.75) is 6.04 Å². The normalized spacial score (nSPS) is 19.9. The van der Waals surface area contributed by atoms with Crippen LogP contribution in [0.1, 0.15) is 0 Å². The highest BCUT2D eigenvalue weighted by molar-refractivity contribution is 6.32. The van der Waals surface area contributed by atoms with E-state index in [2.05, 4.69) is 9.47 Å². The number of carbonyl (C=O) groups is 3. The van der Waals surface area contributed by atoms with Crippen molar-refractivity contribution >= 4 is 17.8 Å². The number of carbonyl (C=O) groups excluding carboxylic acids is 3. The lowest BCUT2D eigenvalue weighted by molar-refractivity contribution is -0.162. The summed E-state index contributed by atoms with van der Waals surface area (Å²) in [7, 11) is 2.28. The summed E-state index contributed by atoms with van der Waals surface area (Å²) in [4.78, 5) is 34.5. The number of rotatable bonds is 1. The maximum atomic E-state index is 11.4. The molecule has 1 atom stereocenters. The van der Waals surface area contributed by atoms with Crippen molar-refractivity contribution in [1.82, 2.24) is 4.90 Å². The van der Waals surface area contributed by atoms with E-state index in [1.807, 2.05) is 0 Å². The third-order valence-corrected chi connectivity index (χ3v) is 1.98. The molecule has 0 N–H and O–H groups in total. The van der Waals surface area contributed by atoms with Gasteiger partial charge in [-0.25, -0.2) is 9.59 Å². The predicted molar refractivity (Wildman–Crippen MR) is 45.5 cm³/mol. The Hall–Kier alpha value is -1.63. The molecule has 0 aromatic heterocycles. The molecular formula is C8H11NO6. The highest BCUT2D eigenvalue weighted by Gasteiger charge is 2.38. The minimum Gasteiger partial charge on any atom is -0.467 e. The van der Waals surface area contributed by atoms with E-state index in [-0.39, 0.29) is 13.3 Å². The Labute approximate surface area is 85.9 Å². The zero-order valence-corrected chi connectivity index (χ0v) is 8.39. The van der Waals surface area contributed by atoms with Crippen molar-refractivity contribution in [3.8, 4) is 0 Å². The van der Waals surface area contributed by atoms with Crippen molar-refractivity contribution < 1.29 is 28.6 Å². The fourth-order valence-corrected chi connectivity index (χ4v) is 1.18. The van der Waals surface area contributed by atoms with Crippen molar-refractivity contribution in [2.24, 2.45) is 0 Å². The van der Waals surface area contributed by atoms with Gasteiger partial charge >= 0.3 is 17.8 Å². The zero-order chi connectivity index (χ0) is 11.4. The summed E-state index contributed by atoms with van der Waals surface area (Å²) in [6, 6.07) is -0.874. The van der Waals surface area contributed by atoms with Gasteiger partial charge < -0.3 is 14.2 Å². The number of nitrogens with zero attached hydrogens (tertiary/aromatic N) is 1. The molecule has 0 bridgehead atoms. The van der Waals surface area contributed by atoms with Crippen LogP contribution in [0.5, 0.6) is 0 Å². The standard InChI is InChI=1S/C8H11NO6/c1-13-7(11)5-3-15-4-9(5)6(10)8(12)14-2/h5H,3-4H2,1-2H3. The molecule has 1 rings (SSSR count). The van der Waals surface area contributed by atoms with E-state index in [4.69, 9.17) is 4.74 Å². The van der Waals surface area contributed by atoms with Gasteiger partial charge in [-0.3, -0.25) is 9.69 Å². The molecule has 1 aliphatic rings. The first-order valence-corrected chi connectivity index (χ1v) is 4.16. The molecule has 0 aromatic rings. The number of amides is 1. The quantitative estimate of drug-likeness (QED) is 0.393. The van der Waals surface area contributed by atoms with E-state index >= 15 is 0 Å². The predicted octanol–water partition coefficient (Wildman–Crippen LogP) is -1.48. The van der Waals surface area contributed by atoms with Crippen LogP contribution in [0.3, 0.4) is 0 Å². The molecule has 1 aliphatic heterocycles. The Morgan fingerprint density at radius 1 is 1.27 bits per heavy atom. The van der Waals surface area contributed by atoms with Crippen LogP contribution >= 0.6 is 0 Å². The van der Waals surface area contributed by atoms with Gasteiger partial charge in [-0.05, 0) is 0 Å². The van der Waals surface area contributed by atoms with Crippen LogP contribution in [0.25, 0.3) is 0 Å². The zero-order valence-electron chi connectivity index (χ0n) is 8.39. The minimum absolute atomic E-state index is 0.0232. The van der Waals surface area contributed by atoms with E-state index in [1.54, 1.807) is 0 Å². The van der Waals surface area contributed by atoms with Gasteiger partial charge in [0.1, 0.15) is 6.73 Å². The number of hydrogen-bond acceptors (Lipinski definition) is 6. The van der Waals surface area contributed by atoms with Gasteiger partial charge in [0.25, 0.3) is 0 Å². The largest absolute Gasteiger partial charge is 0.467 e. The number of esters is 2. The van der Waals surface area contributed by atoms with Crippen molar-refractivity contribution in [1.29, 1.82) is 0 Å². The molecule has 0 aliphatic carbocycles. The second-order valence-electron chi connectivity index (χ2n) is 2.81. The molecule has 0 spiro atoms. The SMILES string of the molecule is COC(=O)C(=O)N1COCC1C(=O)OC. The minimum atomic E-state index is -1.03. The first-order valence-electron chi connectivity index (χ1n) is 4.16. The fourth-order valence-electron chi connectivity index (χ4n) is 1.18. The maximum Gasteiger partial charge on any atom is 0.396 e. The molecule has 84 valence electrons. The highest BCUT2D eigenvalue weighted by atomic mass is 16.5. The molecule has 15 heavy (non-hydrogen) atoms. The first-order chi connectivity index (χ1) is 7.11. The Morgan fingerprint density at radius 3 is 2.47 bits per heavy atom. The second-order valence-corrected chi connectivity index (χ2v) is 2.81. The topological polar surface area (TPSA) is 82.1 Å². The van der Waals surface area contributed by atoms with Crippen LogP contribution < -0.4 is 0 Å². The summed E-state index contributed by atoms with van der Waals surface area (Å²) in [5.41, 5.74) is 0. The van der Waals surface area contributed by atoms with Crippen LogP contribution in [0, 0.1) is 0 Å². The van der Waals surface area contributed by atoms with Crippen molar-refractivity contribution in [3.05, 3.63) is 0 Å². The maximum absolute atomic E-state index is 11.4. The average molecular weight is 217 g/mol. The Kier molecular flexibility index (Phi) is 3.62. The number of ether oxygens (including phenoxy) is 3. The monoisotopic (exact) mass is 217 g/mol. The van der Waals surface area contributed by atoms with Crippen LogP contribution in [0.4, 0.5) is 0 Å². The smallest absolute Gasteiger partial charge is 0.396 e. The lowest BCUT2D eigenvalue weighted by Crippen LogP contribution is -2.45. The van der Waals surface area contributed by atoms with Crippen LogP contribution in [-0.4, -0.2) is 56.3 Å². The van der Waals surface area contributed by atoms with Crippen molar-refractivity contribution in [3.63, 3.8) is 0 Å². The molecule has 0 radical (unpaired) electrons. The third kappa shape index (κ3) is 2.24. The summed E-state index contributed by atoms with van der Waals surface area (Å²) in [6.07, 6.45) is 0. The third-order valence-electron chi connectivity index (χ3n) is 1.98. The highest BCUT2D eigenvalue weighted by Crippen LogP contribution is 2.11. The Balaban J connectivity index is 2.72. The van der Waals surface area contributed by atoms with Gasteiger partial charge in [0, 0.05) is 0 Å². The molecule has 1 saturated heterocycles. The Morgan fingerprint density at radius 2 is 1.93 bits per heavy atom. The summed E-state index contributed by atoms with van der Waals surface area (Å²) >= 11 is 0. The molecule has 7 nitrogen and oxygen atoms in total. The van der Waals surface area contributed by atoms with E-state index in [9.17, 15) is 14.4 Å². The summed E-state index contributed by atoms with van der Waals surface area (Å²) in [5.74, 6) is -2.57. The van der Waals surface area contributed by atoms with Gasteiger partial charge in [-0.1, -0.05) is 0 Å². The number of hydrogen-bond donors (Lipinski definition) is 0. The Bertz CT molecular complexity index is 289. The van der Waals surface area contributed by atoms with Crippen LogP contribution in [0.15, 0.2) is 0 Å². The molecule has 7 heteroatoms. The van der Waals surface area contributed by atoms with Gasteiger partial charge in [-0.2, -0.15) is 0 Å². The van der Waals surface area contributed by atoms with E-state index in [0.29, 0.717) is 0 Å². The van der Waals surface area contributed by atoms with E-state index < -0.39 is 23.9 Å². The summed E-state index contributed by atoms with van der Waals surface area (Å²) in [6.45, 7) is -0.0941. The second kappa shape index (κ2) is 4.74. The van der Waals surface area contributed by atoms with E-state index in [0.717, 1.165) is 12.0 Å². The van der Waals surface area contributed by atoms with Crippen molar-refractivity contribution in [2.75, 3.05) is 27.6 Å². The van der Waals surface area contributed by atoms with Gasteiger partial charge in [0.05, 0.1) is 20.8 Å². The molecule has 1 fully saturated rings. The summed E-state index contributed by atoms with van der Waals surface area (Å²) < 4.78 is 13.6. The van der Waals surface area contributed by atoms with Gasteiger partial charge in [0.2, 0.25) is 0 Å². The molecule has 1 unspecified atom stereocenters. The molecular weight excluding hydrogens is 206 g/mol. The summed E-state index contributed by atoms with van der Waals surface area (Å²) in [5, 5.41) is 0. The van der Waals surface area contributed by atoms with Crippen LogP contribution in [0.2, 0.25) is 0 Å². The molecule has 1 amide bonds. The molecule has 0 saturated carbocycles. The number of methoxy groups -OCH3 is 2. The lowest BCUT2D eigenvalue weighted by Gasteiger charge is -2.18. The molecule has 1 heterocycles. The average Bonchev–Trinajstić information content (AvgIpc) is 2.74. The van der Waals surface area contributed by atoms with E-state index in [1.165, 1.54) is 7.11 Å². The van der Waals surface area contributed by atoms with Crippen LogP contribution in [-0.2, 0) is 28.6 Å². The lowest BCUT2D eigenvalue weighted by atomic mass is 10.3. The molecule has 0 aromatic carbocycles. The fraction of sp³-hybridized carbons (Fsp3) is 0.625. The van der Waals surface area contributed by atoms with Gasteiger partial charge in [0.15, 0.2) is 6.04 Å².